The van der Waals surface area contributed by atoms with E-state index in [4.69, 9.17) is 9.47 Å². The molecule has 2 aliphatic rings. The zero-order chi connectivity index (χ0) is 15.2. The predicted molar refractivity (Wildman–Crippen MR) is 83.9 cm³/mol. The molecule has 1 amide bonds. The molecule has 0 aliphatic carbocycles. The third-order valence-electron chi connectivity index (χ3n) is 4.24. The van der Waals surface area contributed by atoms with Gasteiger partial charge in [-0.1, -0.05) is 25.3 Å². The maximum absolute atomic E-state index is 12.1. The second kappa shape index (κ2) is 7.49. The molecule has 0 spiro atoms. The molecule has 0 bridgehead atoms. The van der Waals surface area contributed by atoms with E-state index in [0.717, 1.165) is 30.2 Å². The first-order valence-electron chi connectivity index (χ1n) is 8.19. The molecule has 1 aromatic carbocycles. The van der Waals surface area contributed by atoms with Crippen molar-refractivity contribution in [2.75, 3.05) is 26.4 Å². The van der Waals surface area contributed by atoms with Crippen LogP contribution in [0.4, 0.5) is 0 Å². The van der Waals surface area contributed by atoms with Gasteiger partial charge in [-0.3, -0.25) is 9.69 Å². The zero-order valence-electron chi connectivity index (χ0n) is 13.0. The number of nitrogens with zero attached hydrogens (tertiary/aromatic N) is 1. The molecule has 0 unspecified atom stereocenters. The first-order chi connectivity index (χ1) is 10.8. The average Bonchev–Trinajstić information content (AvgIpc) is 2.95. The lowest BCUT2D eigenvalue weighted by atomic mass is 10.1. The summed E-state index contributed by atoms with van der Waals surface area (Å²) in [7, 11) is 0. The van der Waals surface area contributed by atoms with Crippen molar-refractivity contribution < 1.29 is 14.3 Å². The Labute approximate surface area is 131 Å². The Hall–Kier alpha value is -1.75. The van der Waals surface area contributed by atoms with Gasteiger partial charge in [0.05, 0.1) is 6.54 Å². The minimum atomic E-state index is 0.0956. The smallest absolute Gasteiger partial charge is 0.234 e. The molecule has 1 fully saturated rings. The zero-order valence-corrected chi connectivity index (χ0v) is 13.0. The molecular formula is C17H24N2O3. The topological polar surface area (TPSA) is 50.8 Å². The summed E-state index contributed by atoms with van der Waals surface area (Å²) in [5, 5.41) is 3.00. The van der Waals surface area contributed by atoms with Gasteiger partial charge in [0.2, 0.25) is 12.7 Å². The first-order valence-corrected chi connectivity index (χ1v) is 8.19. The van der Waals surface area contributed by atoms with Gasteiger partial charge in [-0.2, -0.15) is 0 Å². The van der Waals surface area contributed by atoms with E-state index in [1.54, 1.807) is 0 Å². The summed E-state index contributed by atoms with van der Waals surface area (Å²) in [6.07, 6.45) is 6.32. The fraction of sp³-hybridized carbons (Fsp3) is 0.588. The van der Waals surface area contributed by atoms with Gasteiger partial charge in [-0.15, -0.1) is 0 Å². The summed E-state index contributed by atoms with van der Waals surface area (Å²) in [5.41, 5.74) is 1.03. The highest BCUT2D eigenvalue weighted by Crippen LogP contribution is 2.32. The monoisotopic (exact) mass is 304 g/mol. The predicted octanol–water partition coefficient (Wildman–Crippen LogP) is 2.30. The summed E-state index contributed by atoms with van der Waals surface area (Å²) in [5.74, 6) is 1.63. The lowest BCUT2D eigenvalue weighted by Crippen LogP contribution is -2.38. The Morgan fingerprint density at radius 1 is 1.05 bits per heavy atom. The molecule has 1 aromatic rings. The minimum absolute atomic E-state index is 0.0956. The van der Waals surface area contributed by atoms with Gasteiger partial charge in [-0.05, 0) is 43.6 Å². The van der Waals surface area contributed by atoms with Crippen molar-refractivity contribution in [1.29, 1.82) is 0 Å². The van der Waals surface area contributed by atoms with Crippen molar-refractivity contribution in [2.24, 2.45) is 0 Å². The fourth-order valence-electron chi connectivity index (χ4n) is 2.98. The third-order valence-corrected chi connectivity index (χ3v) is 4.24. The van der Waals surface area contributed by atoms with E-state index in [9.17, 15) is 4.79 Å². The van der Waals surface area contributed by atoms with E-state index in [2.05, 4.69) is 10.2 Å². The van der Waals surface area contributed by atoms with Crippen LogP contribution in [0.2, 0.25) is 0 Å². The van der Waals surface area contributed by atoms with E-state index >= 15 is 0 Å². The molecule has 1 saturated heterocycles. The molecule has 0 atom stereocenters. The van der Waals surface area contributed by atoms with Crippen LogP contribution in [0.5, 0.6) is 11.5 Å². The van der Waals surface area contributed by atoms with E-state index in [0.29, 0.717) is 13.1 Å². The maximum Gasteiger partial charge on any atom is 0.234 e. The number of hydrogen-bond acceptors (Lipinski definition) is 4. The van der Waals surface area contributed by atoms with E-state index in [-0.39, 0.29) is 12.7 Å². The molecule has 120 valence electrons. The molecule has 0 radical (unpaired) electrons. The maximum atomic E-state index is 12.1. The van der Waals surface area contributed by atoms with Gasteiger partial charge in [0.1, 0.15) is 0 Å². The Morgan fingerprint density at radius 3 is 2.59 bits per heavy atom. The number of nitrogens with one attached hydrogen (secondary N) is 1. The van der Waals surface area contributed by atoms with Crippen LogP contribution in [-0.4, -0.2) is 37.2 Å². The van der Waals surface area contributed by atoms with Gasteiger partial charge in [0.25, 0.3) is 0 Å². The van der Waals surface area contributed by atoms with E-state index in [1.165, 1.54) is 32.1 Å². The van der Waals surface area contributed by atoms with Crippen LogP contribution < -0.4 is 14.8 Å². The quantitative estimate of drug-likeness (QED) is 0.927. The van der Waals surface area contributed by atoms with E-state index < -0.39 is 0 Å². The standard InChI is InChI=1S/C17H24N2O3/c20-17(12-19-8-4-2-1-3-5-9-19)18-11-14-6-7-15-16(10-14)22-13-21-15/h6-7,10H,1-5,8-9,11-13H2,(H,18,20). The summed E-state index contributed by atoms with van der Waals surface area (Å²) in [6.45, 7) is 3.39. The number of rotatable bonds is 4. The van der Waals surface area contributed by atoms with Crippen LogP contribution in [0.1, 0.15) is 37.7 Å². The number of amides is 1. The molecule has 5 heteroatoms. The SMILES string of the molecule is O=C(CN1CCCCCCC1)NCc1ccc2c(c1)OCO2. The molecule has 0 aromatic heterocycles. The van der Waals surface area contributed by atoms with Gasteiger partial charge in [-0.25, -0.2) is 0 Å². The van der Waals surface area contributed by atoms with Crippen molar-refractivity contribution >= 4 is 5.91 Å². The Bertz CT molecular complexity index is 511. The molecule has 3 rings (SSSR count). The number of carbonyl (C=O) groups is 1. The van der Waals surface area contributed by atoms with E-state index in [1.807, 2.05) is 18.2 Å². The number of carbonyl (C=O) groups excluding carboxylic acids is 1. The van der Waals surface area contributed by atoms with Gasteiger partial charge >= 0.3 is 0 Å². The summed E-state index contributed by atoms with van der Waals surface area (Å²) < 4.78 is 10.6. The fourth-order valence-corrected chi connectivity index (χ4v) is 2.98. The lowest BCUT2D eigenvalue weighted by molar-refractivity contribution is -0.122. The second-order valence-electron chi connectivity index (χ2n) is 6.01. The van der Waals surface area contributed by atoms with Crippen LogP contribution in [0.25, 0.3) is 0 Å². The van der Waals surface area contributed by atoms with Gasteiger partial charge in [0, 0.05) is 6.54 Å². The summed E-state index contributed by atoms with van der Waals surface area (Å²) in [6, 6.07) is 5.78. The highest BCUT2D eigenvalue weighted by Gasteiger charge is 2.14. The Balaban J connectivity index is 1.45. The number of likely N-dealkylation sites (tertiary alicyclic amines) is 1. The summed E-state index contributed by atoms with van der Waals surface area (Å²) in [4.78, 5) is 14.4. The average molecular weight is 304 g/mol. The Morgan fingerprint density at radius 2 is 1.77 bits per heavy atom. The number of fused-ring (bicyclic) bond motifs is 1. The third kappa shape index (κ3) is 4.13. The van der Waals surface area contributed by atoms with Crippen LogP contribution >= 0.6 is 0 Å². The Kier molecular flexibility index (Phi) is 5.16. The van der Waals surface area contributed by atoms with Crippen molar-refractivity contribution in [3.63, 3.8) is 0 Å². The molecule has 22 heavy (non-hydrogen) atoms. The minimum Gasteiger partial charge on any atom is -0.454 e. The molecular weight excluding hydrogens is 280 g/mol. The van der Waals surface area contributed by atoms with Crippen molar-refractivity contribution in [2.45, 2.75) is 38.6 Å². The second-order valence-corrected chi connectivity index (χ2v) is 6.01. The highest BCUT2D eigenvalue weighted by atomic mass is 16.7. The molecule has 0 saturated carbocycles. The van der Waals surface area contributed by atoms with Gasteiger partial charge in [0.15, 0.2) is 11.5 Å². The highest BCUT2D eigenvalue weighted by molar-refractivity contribution is 5.78. The summed E-state index contributed by atoms with van der Waals surface area (Å²) >= 11 is 0. The first kappa shape index (κ1) is 15.2. The van der Waals surface area contributed by atoms with Crippen molar-refractivity contribution in [3.05, 3.63) is 23.8 Å². The lowest BCUT2D eigenvalue weighted by Gasteiger charge is -2.23. The molecule has 2 heterocycles. The number of hydrogen-bond donors (Lipinski definition) is 1. The largest absolute Gasteiger partial charge is 0.454 e. The van der Waals surface area contributed by atoms with Crippen molar-refractivity contribution in [3.8, 4) is 11.5 Å². The molecule has 5 nitrogen and oxygen atoms in total. The van der Waals surface area contributed by atoms with Crippen LogP contribution in [0, 0.1) is 0 Å². The molecule has 2 aliphatic heterocycles. The van der Waals surface area contributed by atoms with Crippen LogP contribution in [0.15, 0.2) is 18.2 Å². The number of benzene rings is 1. The van der Waals surface area contributed by atoms with Crippen LogP contribution in [-0.2, 0) is 11.3 Å². The van der Waals surface area contributed by atoms with Crippen molar-refractivity contribution in [1.82, 2.24) is 10.2 Å². The van der Waals surface area contributed by atoms with Crippen LogP contribution in [0.3, 0.4) is 0 Å². The number of ether oxygens (including phenoxy) is 2. The normalized spacial score (nSPS) is 18.5. The molecule has 1 N–H and O–H groups in total. The van der Waals surface area contributed by atoms with Gasteiger partial charge < -0.3 is 14.8 Å².